The van der Waals surface area contributed by atoms with Gasteiger partial charge in [-0.15, -0.1) is 0 Å². The smallest absolute Gasteiger partial charge is 0.271 e. The summed E-state index contributed by atoms with van der Waals surface area (Å²) in [5, 5.41) is 6.67. The molecule has 1 amide bonds. The third-order valence-corrected chi connectivity index (χ3v) is 4.94. The number of H-pyrrole nitrogens is 1. The number of para-hydroxylation sites is 2. The third-order valence-electron chi connectivity index (χ3n) is 4.94. The fraction of sp³-hybridized carbons (Fsp3) is 0.421. The fourth-order valence-electron chi connectivity index (χ4n) is 3.81. The van der Waals surface area contributed by atoms with Crippen LogP contribution in [0.5, 0.6) is 0 Å². The summed E-state index contributed by atoms with van der Waals surface area (Å²) in [6.07, 6.45) is 3.67. The second kappa shape index (κ2) is 6.35. The minimum Gasteiger partial charge on any atom is -0.337 e. The summed E-state index contributed by atoms with van der Waals surface area (Å²) in [5.74, 6) is 1.38. The summed E-state index contributed by atoms with van der Waals surface area (Å²) in [6.45, 7) is 5.87. The molecule has 1 atom stereocenters. The van der Waals surface area contributed by atoms with Crippen molar-refractivity contribution in [2.24, 2.45) is 0 Å². The van der Waals surface area contributed by atoms with Crippen LogP contribution in [0.4, 0.5) is 0 Å². The first-order valence-corrected chi connectivity index (χ1v) is 8.90. The van der Waals surface area contributed by atoms with E-state index in [1.807, 2.05) is 11.0 Å². The average molecular weight is 337 g/mol. The van der Waals surface area contributed by atoms with Gasteiger partial charge in [0, 0.05) is 31.2 Å². The first-order chi connectivity index (χ1) is 12.1. The molecule has 3 aromatic rings. The molecular weight excluding hydrogens is 314 g/mol. The Morgan fingerprint density at radius 3 is 2.88 bits per heavy atom. The van der Waals surface area contributed by atoms with Crippen LogP contribution in [0.15, 0.2) is 36.5 Å². The second-order valence-corrected chi connectivity index (χ2v) is 6.98. The predicted molar refractivity (Wildman–Crippen MR) is 96.6 cm³/mol. The third kappa shape index (κ3) is 2.81. The van der Waals surface area contributed by atoms with Crippen molar-refractivity contribution in [3.63, 3.8) is 0 Å². The van der Waals surface area contributed by atoms with Crippen molar-refractivity contribution in [1.82, 2.24) is 24.6 Å². The Labute approximate surface area is 146 Å². The Bertz CT molecular complexity index is 881. The molecule has 1 N–H and O–H groups in total. The SMILES string of the molecule is CC(C)n1c([C@H]2CCCN(C(=O)c3ccn[nH]3)C2)nc2ccccc21. The number of nitrogens with one attached hydrogen (secondary N) is 1. The van der Waals surface area contributed by atoms with Crippen molar-refractivity contribution in [3.8, 4) is 0 Å². The van der Waals surface area contributed by atoms with Crippen LogP contribution in [0, 0.1) is 0 Å². The number of carbonyl (C=O) groups is 1. The Balaban J connectivity index is 1.66. The maximum atomic E-state index is 12.7. The van der Waals surface area contributed by atoms with Gasteiger partial charge in [-0.25, -0.2) is 4.98 Å². The number of amides is 1. The highest BCUT2D eigenvalue weighted by atomic mass is 16.2. The highest BCUT2D eigenvalue weighted by Gasteiger charge is 2.30. The van der Waals surface area contributed by atoms with E-state index in [9.17, 15) is 4.79 Å². The standard InChI is InChI=1S/C19H23N5O/c1-13(2)24-17-8-4-3-7-15(17)21-18(24)14-6-5-11-23(12-14)19(25)16-9-10-20-22-16/h3-4,7-10,13-14H,5-6,11-12H2,1-2H3,(H,20,22)/t14-/m0/s1. The Morgan fingerprint density at radius 2 is 2.12 bits per heavy atom. The molecule has 2 aromatic heterocycles. The molecule has 0 saturated carbocycles. The number of hydrogen-bond donors (Lipinski definition) is 1. The molecule has 1 fully saturated rings. The zero-order chi connectivity index (χ0) is 17.4. The zero-order valence-electron chi connectivity index (χ0n) is 14.6. The van der Waals surface area contributed by atoms with Gasteiger partial charge in [0.2, 0.25) is 0 Å². The van der Waals surface area contributed by atoms with Gasteiger partial charge in [-0.1, -0.05) is 12.1 Å². The van der Waals surface area contributed by atoms with Crippen LogP contribution in [0.1, 0.15) is 55.0 Å². The number of nitrogens with zero attached hydrogens (tertiary/aromatic N) is 4. The Morgan fingerprint density at radius 1 is 1.28 bits per heavy atom. The van der Waals surface area contributed by atoms with Gasteiger partial charge < -0.3 is 9.47 Å². The van der Waals surface area contributed by atoms with E-state index in [-0.39, 0.29) is 11.8 Å². The van der Waals surface area contributed by atoms with Gasteiger partial charge in [-0.3, -0.25) is 9.89 Å². The summed E-state index contributed by atoms with van der Waals surface area (Å²) in [4.78, 5) is 19.5. The molecule has 0 spiro atoms. The lowest BCUT2D eigenvalue weighted by atomic mass is 9.96. The molecule has 1 aliphatic rings. The van der Waals surface area contributed by atoms with E-state index < -0.39 is 0 Å². The highest BCUT2D eigenvalue weighted by Crippen LogP contribution is 2.31. The number of carbonyl (C=O) groups excluding carboxylic acids is 1. The molecule has 0 bridgehead atoms. The normalized spacial score (nSPS) is 18.2. The lowest BCUT2D eigenvalue weighted by Crippen LogP contribution is -2.40. The quantitative estimate of drug-likeness (QED) is 0.797. The lowest BCUT2D eigenvalue weighted by molar-refractivity contribution is 0.0697. The van der Waals surface area contributed by atoms with Crippen LogP contribution >= 0.6 is 0 Å². The minimum absolute atomic E-state index is 0.0226. The van der Waals surface area contributed by atoms with Crippen LogP contribution in [0.25, 0.3) is 11.0 Å². The molecule has 3 heterocycles. The molecule has 0 unspecified atom stereocenters. The van der Waals surface area contributed by atoms with E-state index in [4.69, 9.17) is 4.98 Å². The van der Waals surface area contributed by atoms with Crippen LogP contribution in [-0.2, 0) is 0 Å². The topological polar surface area (TPSA) is 66.8 Å². The molecule has 0 aliphatic carbocycles. The number of imidazole rings is 1. The highest BCUT2D eigenvalue weighted by molar-refractivity contribution is 5.92. The molecule has 1 aliphatic heterocycles. The predicted octanol–water partition coefficient (Wildman–Crippen LogP) is 3.36. The monoisotopic (exact) mass is 337 g/mol. The van der Waals surface area contributed by atoms with Gasteiger partial charge >= 0.3 is 0 Å². The number of hydrogen-bond acceptors (Lipinski definition) is 3. The Kier molecular flexibility index (Phi) is 4.03. The summed E-state index contributed by atoms with van der Waals surface area (Å²) in [6, 6.07) is 10.3. The largest absolute Gasteiger partial charge is 0.337 e. The number of piperidine rings is 1. The molecule has 1 saturated heterocycles. The van der Waals surface area contributed by atoms with Crippen molar-refractivity contribution < 1.29 is 4.79 Å². The lowest BCUT2D eigenvalue weighted by Gasteiger charge is -2.33. The average Bonchev–Trinajstić information content (AvgIpc) is 3.28. The summed E-state index contributed by atoms with van der Waals surface area (Å²) >= 11 is 0. The summed E-state index contributed by atoms with van der Waals surface area (Å²) < 4.78 is 2.32. The number of rotatable bonds is 3. The van der Waals surface area contributed by atoms with Crippen molar-refractivity contribution in [2.75, 3.05) is 13.1 Å². The molecular formula is C19H23N5O. The van der Waals surface area contributed by atoms with Crippen LogP contribution in [-0.4, -0.2) is 43.6 Å². The van der Waals surface area contributed by atoms with Gasteiger partial charge in [0.15, 0.2) is 0 Å². The van der Waals surface area contributed by atoms with E-state index in [1.54, 1.807) is 12.3 Å². The van der Waals surface area contributed by atoms with Gasteiger partial charge in [0.1, 0.15) is 11.5 Å². The van der Waals surface area contributed by atoms with E-state index in [1.165, 1.54) is 5.52 Å². The van der Waals surface area contributed by atoms with Crippen molar-refractivity contribution in [2.45, 2.75) is 38.6 Å². The molecule has 6 heteroatoms. The molecule has 4 rings (SSSR count). The summed E-state index contributed by atoms with van der Waals surface area (Å²) in [7, 11) is 0. The summed E-state index contributed by atoms with van der Waals surface area (Å²) in [5.41, 5.74) is 2.76. The second-order valence-electron chi connectivity index (χ2n) is 6.98. The maximum absolute atomic E-state index is 12.7. The number of aromatic nitrogens is 4. The van der Waals surface area contributed by atoms with Gasteiger partial charge in [0.25, 0.3) is 5.91 Å². The Hall–Kier alpha value is -2.63. The van der Waals surface area contributed by atoms with Crippen LogP contribution < -0.4 is 0 Å². The number of likely N-dealkylation sites (tertiary alicyclic amines) is 1. The van der Waals surface area contributed by atoms with E-state index >= 15 is 0 Å². The molecule has 25 heavy (non-hydrogen) atoms. The van der Waals surface area contributed by atoms with Crippen LogP contribution in [0.3, 0.4) is 0 Å². The number of fused-ring (bicyclic) bond motifs is 1. The number of aromatic amines is 1. The fourth-order valence-corrected chi connectivity index (χ4v) is 3.81. The number of benzene rings is 1. The van der Waals surface area contributed by atoms with Crippen molar-refractivity contribution in [1.29, 1.82) is 0 Å². The molecule has 0 radical (unpaired) electrons. The van der Waals surface area contributed by atoms with Crippen molar-refractivity contribution >= 4 is 16.9 Å². The van der Waals surface area contributed by atoms with Gasteiger partial charge in [0.05, 0.1) is 11.0 Å². The van der Waals surface area contributed by atoms with Gasteiger partial charge in [-0.05, 0) is 44.9 Å². The zero-order valence-corrected chi connectivity index (χ0v) is 14.6. The minimum atomic E-state index is 0.0226. The first kappa shape index (κ1) is 15.9. The van der Waals surface area contributed by atoms with Gasteiger partial charge in [-0.2, -0.15) is 5.10 Å². The van der Waals surface area contributed by atoms with Crippen LogP contribution in [0.2, 0.25) is 0 Å². The molecule has 130 valence electrons. The first-order valence-electron chi connectivity index (χ1n) is 8.90. The van der Waals surface area contributed by atoms with E-state index in [0.29, 0.717) is 18.3 Å². The van der Waals surface area contributed by atoms with E-state index in [2.05, 4.69) is 46.8 Å². The molecule has 1 aromatic carbocycles. The van der Waals surface area contributed by atoms with E-state index in [0.717, 1.165) is 30.7 Å². The maximum Gasteiger partial charge on any atom is 0.271 e. The molecule has 6 nitrogen and oxygen atoms in total. The van der Waals surface area contributed by atoms with Crippen molar-refractivity contribution in [3.05, 3.63) is 48.0 Å².